The van der Waals surface area contributed by atoms with Crippen molar-refractivity contribution < 1.29 is 9.90 Å². The van der Waals surface area contributed by atoms with Gasteiger partial charge in [-0.25, -0.2) is 4.79 Å². The predicted molar refractivity (Wildman–Crippen MR) is 84.7 cm³/mol. The van der Waals surface area contributed by atoms with Gasteiger partial charge in [0.15, 0.2) is 0 Å². The summed E-state index contributed by atoms with van der Waals surface area (Å²) < 4.78 is 0. The van der Waals surface area contributed by atoms with E-state index in [1.165, 1.54) is 30.9 Å². The summed E-state index contributed by atoms with van der Waals surface area (Å²) in [6, 6.07) is 5.72. The van der Waals surface area contributed by atoms with Crippen molar-refractivity contribution in [3.8, 4) is 0 Å². The molecule has 0 radical (unpaired) electrons. The van der Waals surface area contributed by atoms with Crippen molar-refractivity contribution >= 4 is 17.7 Å². The van der Waals surface area contributed by atoms with Gasteiger partial charge in [0, 0.05) is 11.8 Å². The van der Waals surface area contributed by atoms with E-state index < -0.39 is 5.97 Å². The number of anilines is 1. The van der Waals surface area contributed by atoms with Gasteiger partial charge in [0.05, 0.1) is 0 Å². The van der Waals surface area contributed by atoms with Crippen LogP contribution in [0.25, 0.3) is 6.08 Å². The number of rotatable bonds is 8. The van der Waals surface area contributed by atoms with Gasteiger partial charge in [-0.2, -0.15) is 0 Å². The van der Waals surface area contributed by atoms with Gasteiger partial charge in [-0.15, -0.1) is 0 Å². The van der Waals surface area contributed by atoms with Gasteiger partial charge < -0.3 is 10.8 Å². The minimum Gasteiger partial charge on any atom is -0.478 e. The smallest absolute Gasteiger partial charge is 0.328 e. The molecular formula is C17H25NO2. The normalized spacial score (nSPS) is 12.7. The average Bonchev–Trinajstić information content (AvgIpc) is 2.42. The maximum absolute atomic E-state index is 10.7. The molecule has 0 aliphatic carbocycles. The fraction of sp³-hybridized carbons (Fsp3) is 0.471. The first-order chi connectivity index (χ1) is 9.58. The molecule has 3 N–H and O–H groups in total. The van der Waals surface area contributed by atoms with Crippen molar-refractivity contribution in [2.75, 3.05) is 5.73 Å². The Morgan fingerprint density at radius 1 is 1.35 bits per heavy atom. The first-order valence-electron chi connectivity index (χ1n) is 7.38. The summed E-state index contributed by atoms with van der Waals surface area (Å²) >= 11 is 0. The number of carboxylic acids is 1. The molecule has 20 heavy (non-hydrogen) atoms. The number of unbranched alkanes of at least 4 members (excludes halogenated alkanes) is 2. The van der Waals surface area contributed by atoms with Gasteiger partial charge >= 0.3 is 5.97 Å². The van der Waals surface area contributed by atoms with Gasteiger partial charge in [-0.05, 0) is 48.1 Å². The van der Waals surface area contributed by atoms with Gasteiger partial charge in [-0.3, -0.25) is 0 Å². The third kappa shape index (κ3) is 5.08. The molecule has 1 unspecified atom stereocenters. The Morgan fingerprint density at radius 3 is 2.70 bits per heavy atom. The summed E-state index contributed by atoms with van der Waals surface area (Å²) in [4.78, 5) is 10.7. The van der Waals surface area contributed by atoms with E-state index in [-0.39, 0.29) is 0 Å². The van der Waals surface area contributed by atoms with Crippen molar-refractivity contribution in [2.45, 2.75) is 51.9 Å². The van der Waals surface area contributed by atoms with Crippen molar-refractivity contribution in [3.05, 3.63) is 35.4 Å². The van der Waals surface area contributed by atoms with E-state index in [0.29, 0.717) is 5.92 Å². The summed E-state index contributed by atoms with van der Waals surface area (Å²) in [7, 11) is 0. The van der Waals surface area contributed by atoms with Gasteiger partial charge in [0.25, 0.3) is 0 Å². The topological polar surface area (TPSA) is 63.3 Å². The Balaban J connectivity index is 2.99. The Hall–Kier alpha value is -1.77. The third-order valence-corrected chi connectivity index (χ3v) is 3.61. The van der Waals surface area contributed by atoms with Crippen LogP contribution in [0, 0.1) is 0 Å². The minimum atomic E-state index is -0.924. The molecule has 1 rings (SSSR count). The molecule has 1 aromatic carbocycles. The summed E-state index contributed by atoms with van der Waals surface area (Å²) in [5.41, 5.74) is 8.76. The maximum Gasteiger partial charge on any atom is 0.328 e. The van der Waals surface area contributed by atoms with Gasteiger partial charge in [-0.1, -0.05) is 39.2 Å². The lowest BCUT2D eigenvalue weighted by atomic mass is 9.87. The summed E-state index contributed by atoms with van der Waals surface area (Å²) in [6.07, 6.45) is 8.67. The molecule has 0 fully saturated rings. The zero-order valence-corrected chi connectivity index (χ0v) is 12.4. The molecule has 3 heteroatoms. The van der Waals surface area contributed by atoms with Crippen LogP contribution in [0.3, 0.4) is 0 Å². The molecule has 0 heterocycles. The quantitative estimate of drug-likeness (QED) is 0.419. The van der Waals surface area contributed by atoms with Crippen molar-refractivity contribution in [1.29, 1.82) is 0 Å². The molecule has 0 amide bonds. The van der Waals surface area contributed by atoms with Crippen LogP contribution in [0.15, 0.2) is 24.3 Å². The Kier molecular flexibility index (Phi) is 6.85. The molecule has 3 nitrogen and oxygen atoms in total. The Bertz CT molecular complexity index is 466. The van der Waals surface area contributed by atoms with Crippen LogP contribution in [-0.4, -0.2) is 11.1 Å². The first-order valence-corrected chi connectivity index (χ1v) is 7.38. The highest BCUT2D eigenvalue weighted by atomic mass is 16.4. The summed E-state index contributed by atoms with van der Waals surface area (Å²) in [6.45, 7) is 4.37. The molecule has 1 atom stereocenters. The van der Waals surface area contributed by atoms with E-state index >= 15 is 0 Å². The predicted octanol–water partition coefficient (Wildman–Crippen LogP) is 4.44. The first kappa shape index (κ1) is 16.3. The molecule has 110 valence electrons. The lowest BCUT2D eigenvalue weighted by molar-refractivity contribution is -0.131. The second-order valence-electron chi connectivity index (χ2n) is 5.16. The van der Waals surface area contributed by atoms with Crippen LogP contribution in [-0.2, 0) is 4.79 Å². The van der Waals surface area contributed by atoms with Crippen LogP contribution in [0.4, 0.5) is 5.69 Å². The second-order valence-corrected chi connectivity index (χ2v) is 5.16. The monoisotopic (exact) mass is 275 g/mol. The largest absolute Gasteiger partial charge is 0.478 e. The summed E-state index contributed by atoms with van der Waals surface area (Å²) in [5.74, 6) is -0.481. The zero-order valence-electron chi connectivity index (χ0n) is 12.4. The maximum atomic E-state index is 10.7. The highest BCUT2D eigenvalue weighted by Gasteiger charge is 2.13. The highest BCUT2D eigenvalue weighted by Crippen LogP contribution is 2.30. The molecule has 1 aromatic rings. The molecular weight excluding hydrogens is 250 g/mol. The number of hydrogen-bond acceptors (Lipinski definition) is 2. The summed E-state index contributed by atoms with van der Waals surface area (Å²) in [5, 5.41) is 8.78. The van der Waals surface area contributed by atoms with Crippen LogP contribution >= 0.6 is 0 Å². The van der Waals surface area contributed by atoms with Crippen molar-refractivity contribution in [1.82, 2.24) is 0 Å². The van der Waals surface area contributed by atoms with Crippen LogP contribution in [0.5, 0.6) is 0 Å². The van der Waals surface area contributed by atoms with Gasteiger partial charge in [0.2, 0.25) is 0 Å². The molecule has 0 bridgehead atoms. The van der Waals surface area contributed by atoms with E-state index in [1.807, 2.05) is 18.2 Å². The van der Waals surface area contributed by atoms with E-state index in [0.717, 1.165) is 24.1 Å². The minimum absolute atomic E-state index is 0.443. The molecule has 0 saturated heterocycles. The SMILES string of the molecule is CCCCCC(CC)c1cc(N)ccc1/C=C/C(=O)O. The van der Waals surface area contributed by atoms with E-state index in [1.54, 1.807) is 6.08 Å². The van der Waals surface area contributed by atoms with Crippen molar-refractivity contribution in [2.24, 2.45) is 0 Å². The number of carboxylic acid groups (broad SMARTS) is 1. The second kappa shape index (κ2) is 8.41. The van der Waals surface area contributed by atoms with Gasteiger partial charge in [0.1, 0.15) is 0 Å². The molecule has 0 aromatic heterocycles. The Morgan fingerprint density at radius 2 is 2.10 bits per heavy atom. The number of hydrogen-bond donors (Lipinski definition) is 2. The Labute approximate surface area is 121 Å². The average molecular weight is 275 g/mol. The zero-order chi connectivity index (χ0) is 15.0. The number of carbonyl (C=O) groups is 1. The number of benzene rings is 1. The van der Waals surface area contributed by atoms with E-state index in [9.17, 15) is 4.79 Å². The van der Waals surface area contributed by atoms with Crippen LogP contribution < -0.4 is 5.73 Å². The van der Waals surface area contributed by atoms with E-state index in [4.69, 9.17) is 10.8 Å². The number of nitrogen functional groups attached to an aromatic ring is 1. The lowest BCUT2D eigenvalue weighted by Crippen LogP contribution is -2.02. The lowest BCUT2D eigenvalue weighted by Gasteiger charge is -2.18. The highest BCUT2D eigenvalue weighted by molar-refractivity contribution is 5.85. The van der Waals surface area contributed by atoms with Crippen molar-refractivity contribution in [3.63, 3.8) is 0 Å². The molecule has 0 spiro atoms. The van der Waals surface area contributed by atoms with E-state index in [2.05, 4.69) is 13.8 Å². The molecule has 0 saturated carbocycles. The molecule has 0 aliphatic rings. The van der Waals surface area contributed by atoms with Crippen LogP contribution in [0.1, 0.15) is 63.0 Å². The third-order valence-electron chi connectivity index (χ3n) is 3.61. The standard InChI is InChI=1S/C17H25NO2/c1-3-5-6-7-13(4-2)16-12-15(18)10-8-14(16)9-11-17(19)20/h8-13H,3-7,18H2,1-2H3,(H,19,20)/b11-9+. The van der Waals surface area contributed by atoms with Crippen LogP contribution in [0.2, 0.25) is 0 Å². The number of nitrogens with two attached hydrogens (primary N) is 1. The molecule has 0 aliphatic heterocycles. The fourth-order valence-electron chi connectivity index (χ4n) is 2.48. The fourth-order valence-corrected chi connectivity index (χ4v) is 2.48. The number of aliphatic carboxylic acids is 1.